The van der Waals surface area contributed by atoms with Crippen molar-refractivity contribution in [2.45, 2.75) is 26.2 Å². The van der Waals surface area contributed by atoms with Crippen molar-refractivity contribution in [1.82, 2.24) is 0 Å². The van der Waals surface area contributed by atoms with E-state index < -0.39 is 0 Å². The lowest BCUT2D eigenvalue weighted by Gasteiger charge is -1.98. The molecule has 0 unspecified atom stereocenters. The molecule has 0 fully saturated rings. The maximum Gasteiger partial charge on any atom is 0.130 e. The molecule has 0 aliphatic carbocycles. The number of hydrogen-bond acceptors (Lipinski definition) is 1. The Kier molecular flexibility index (Phi) is 5.31. The van der Waals surface area contributed by atoms with Crippen molar-refractivity contribution in [2.24, 2.45) is 4.99 Å². The Bertz CT molecular complexity index is 280. The molecule has 1 nitrogen and oxygen atoms in total. The third kappa shape index (κ3) is 3.93. The second-order valence-corrected chi connectivity index (χ2v) is 3.60. The van der Waals surface area contributed by atoms with Crippen LogP contribution in [0.1, 0.15) is 31.7 Å². The minimum atomic E-state index is 0.627. The molecule has 0 atom stereocenters. The van der Waals surface area contributed by atoms with E-state index in [1.165, 1.54) is 12.8 Å². The summed E-state index contributed by atoms with van der Waals surface area (Å²) in [6.07, 6.45) is 3.57. The molecule has 76 valence electrons. The molecule has 0 bridgehead atoms. The number of unbranched alkanes of at least 4 members (excludes halogenated alkanes) is 2. The van der Waals surface area contributed by atoms with Gasteiger partial charge in [0, 0.05) is 12.1 Å². The first-order valence-electron chi connectivity index (χ1n) is 5.10. The van der Waals surface area contributed by atoms with Gasteiger partial charge in [-0.15, -0.1) is 0 Å². The molecule has 2 heteroatoms. The molecular weight excluding hydrogens is 194 g/mol. The molecule has 0 radical (unpaired) electrons. The number of rotatable bonds is 5. The molecule has 0 amide bonds. The fourth-order valence-electron chi connectivity index (χ4n) is 1.21. The van der Waals surface area contributed by atoms with Gasteiger partial charge in [-0.05, 0) is 6.42 Å². The van der Waals surface area contributed by atoms with E-state index in [1.807, 2.05) is 30.3 Å². The van der Waals surface area contributed by atoms with E-state index in [0.717, 1.165) is 18.5 Å². The van der Waals surface area contributed by atoms with Crippen molar-refractivity contribution in [3.8, 4) is 0 Å². The van der Waals surface area contributed by atoms with Gasteiger partial charge in [0.05, 0.1) is 0 Å². The predicted octanol–water partition coefficient (Wildman–Crippen LogP) is 3.86. The molecule has 0 heterocycles. The van der Waals surface area contributed by atoms with Crippen molar-refractivity contribution >= 4 is 16.8 Å². The maximum atomic E-state index is 6.04. The SMILES string of the molecule is CCCCC/N=C(\Cl)c1ccccc1. The Morgan fingerprint density at radius 1 is 1.21 bits per heavy atom. The van der Waals surface area contributed by atoms with Crippen LogP contribution in [0.2, 0.25) is 0 Å². The summed E-state index contributed by atoms with van der Waals surface area (Å²) in [6, 6.07) is 9.88. The van der Waals surface area contributed by atoms with Gasteiger partial charge >= 0.3 is 0 Å². The highest BCUT2D eigenvalue weighted by Gasteiger charge is 1.96. The van der Waals surface area contributed by atoms with Crippen LogP contribution in [0.15, 0.2) is 35.3 Å². The molecular formula is C12H16ClN. The van der Waals surface area contributed by atoms with E-state index in [0.29, 0.717) is 5.17 Å². The number of aliphatic imine (C=N–C) groups is 1. The highest BCUT2D eigenvalue weighted by Crippen LogP contribution is 2.05. The fraction of sp³-hybridized carbons (Fsp3) is 0.417. The zero-order chi connectivity index (χ0) is 10.2. The highest BCUT2D eigenvalue weighted by molar-refractivity contribution is 6.69. The Labute approximate surface area is 90.8 Å². The van der Waals surface area contributed by atoms with Gasteiger partial charge in [-0.25, -0.2) is 0 Å². The number of benzene rings is 1. The van der Waals surface area contributed by atoms with Crippen molar-refractivity contribution < 1.29 is 0 Å². The van der Waals surface area contributed by atoms with Crippen LogP contribution in [-0.4, -0.2) is 11.7 Å². The monoisotopic (exact) mass is 209 g/mol. The van der Waals surface area contributed by atoms with Gasteiger partial charge in [-0.1, -0.05) is 61.7 Å². The van der Waals surface area contributed by atoms with Crippen LogP contribution in [0.25, 0.3) is 0 Å². The van der Waals surface area contributed by atoms with E-state index in [4.69, 9.17) is 11.6 Å². The first kappa shape index (κ1) is 11.3. The molecule has 0 N–H and O–H groups in total. The molecule has 0 saturated carbocycles. The van der Waals surface area contributed by atoms with Crippen molar-refractivity contribution in [1.29, 1.82) is 0 Å². The Morgan fingerprint density at radius 2 is 1.93 bits per heavy atom. The van der Waals surface area contributed by atoms with Crippen LogP contribution < -0.4 is 0 Å². The normalized spacial score (nSPS) is 11.7. The lowest BCUT2D eigenvalue weighted by molar-refractivity contribution is 0.729. The number of halogens is 1. The number of nitrogens with zero attached hydrogens (tertiary/aromatic N) is 1. The lowest BCUT2D eigenvalue weighted by Crippen LogP contribution is -1.92. The van der Waals surface area contributed by atoms with Crippen molar-refractivity contribution in [3.63, 3.8) is 0 Å². The van der Waals surface area contributed by atoms with E-state index in [-0.39, 0.29) is 0 Å². The van der Waals surface area contributed by atoms with E-state index >= 15 is 0 Å². The molecule has 14 heavy (non-hydrogen) atoms. The topological polar surface area (TPSA) is 12.4 Å². The summed E-state index contributed by atoms with van der Waals surface area (Å²) in [5, 5.41) is 0.627. The molecule has 0 aromatic heterocycles. The molecule has 1 aromatic rings. The summed E-state index contributed by atoms with van der Waals surface area (Å²) in [6.45, 7) is 3.02. The summed E-state index contributed by atoms with van der Waals surface area (Å²) in [7, 11) is 0. The van der Waals surface area contributed by atoms with Gasteiger partial charge in [0.2, 0.25) is 0 Å². The quantitative estimate of drug-likeness (QED) is 0.516. The largest absolute Gasteiger partial charge is 0.273 e. The molecule has 0 aliphatic heterocycles. The Morgan fingerprint density at radius 3 is 2.57 bits per heavy atom. The van der Waals surface area contributed by atoms with Crippen LogP contribution >= 0.6 is 11.6 Å². The van der Waals surface area contributed by atoms with Gasteiger partial charge in [-0.3, -0.25) is 4.99 Å². The minimum Gasteiger partial charge on any atom is -0.273 e. The number of hydrogen-bond donors (Lipinski definition) is 0. The molecule has 0 spiro atoms. The maximum absolute atomic E-state index is 6.04. The zero-order valence-corrected chi connectivity index (χ0v) is 9.30. The van der Waals surface area contributed by atoms with E-state index in [9.17, 15) is 0 Å². The van der Waals surface area contributed by atoms with Crippen LogP contribution in [0.3, 0.4) is 0 Å². The molecule has 0 saturated heterocycles. The highest BCUT2D eigenvalue weighted by atomic mass is 35.5. The van der Waals surface area contributed by atoms with Crippen molar-refractivity contribution in [3.05, 3.63) is 35.9 Å². The Hall–Kier alpha value is -0.820. The van der Waals surface area contributed by atoms with Crippen LogP contribution in [-0.2, 0) is 0 Å². The van der Waals surface area contributed by atoms with Gasteiger partial charge in [0.1, 0.15) is 5.17 Å². The summed E-state index contributed by atoms with van der Waals surface area (Å²) in [5.74, 6) is 0. The lowest BCUT2D eigenvalue weighted by atomic mass is 10.2. The molecule has 1 aromatic carbocycles. The van der Waals surface area contributed by atoms with E-state index in [1.54, 1.807) is 0 Å². The Balaban J connectivity index is 2.44. The van der Waals surface area contributed by atoms with Gasteiger partial charge < -0.3 is 0 Å². The van der Waals surface area contributed by atoms with Gasteiger partial charge in [-0.2, -0.15) is 0 Å². The summed E-state index contributed by atoms with van der Waals surface area (Å²) >= 11 is 6.04. The zero-order valence-electron chi connectivity index (χ0n) is 8.54. The van der Waals surface area contributed by atoms with Gasteiger partial charge in [0.25, 0.3) is 0 Å². The second kappa shape index (κ2) is 6.61. The summed E-state index contributed by atoms with van der Waals surface area (Å²) < 4.78 is 0. The van der Waals surface area contributed by atoms with E-state index in [2.05, 4.69) is 11.9 Å². The minimum absolute atomic E-state index is 0.627. The third-order valence-corrected chi connectivity index (χ3v) is 2.36. The predicted molar refractivity (Wildman–Crippen MR) is 63.2 cm³/mol. The summed E-state index contributed by atoms with van der Waals surface area (Å²) in [4.78, 5) is 4.31. The average Bonchev–Trinajstić information content (AvgIpc) is 2.25. The van der Waals surface area contributed by atoms with Crippen LogP contribution in [0.5, 0.6) is 0 Å². The van der Waals surface area contributed by atoms with Crippen LogP contribution in [0.4, 0.5) is 0 Å². The fourth-order valence-corrected chi connectivity index (χ4v) is 1.42. The van der Waals surface area contributed by atoms with Crippen LogP contribution in [0, 0.1) is 0 Å². The molecule has 0 aliphatic rings. The first-order valence-corrected chi connectivity index (χ1v) is 5.47. The van der Waals surface area contributed by atoms with Crippen molar-refractivity contribution in [2.75, 3.05) is 6.54 Å². The summed E-state index contributed by atoms with van der Waals surface area (Å²) in [5.41, 5.74) is 1.01. The standard InChI is InChI=1S/C12H16ClN/c1-2-3-7-10-14-12(13)11-8-5-4-6-9-11/h4-6,8-9H,2-3,7,10H2,1H3/b14-12-. The van der Waals surface area contributed by atoms with Gasteiger partial charge in [0.15, 0.2) is 0 Å². The smallest absolute Gasteiger partial charge is 0.130 e. The second-order valence-electron chi connectivity index (χ2n) is 3.25. The molecule has 1 rings (SSSR count). The third-order valence-electron chi connectivity index (χ3n) is 2.02. The first-order chi connectivity index (χ1) is 6.84. The average molecular weight is 210 g/mol.